The van der Waals surface area contributed by atoms with Gasteiger partial charge in [-0.15, -0.1) is 0 Å². The Bertz CT molecular complexity index is 1040. The molecule has 2 aromatic carbocycles. The maximum atomic E-state index is 12.4. The summed E-state index contributed by atoms with van der Waals surface area (Å²) < 4.78 is 5.63. The van der Waals surface area contributed by atoms with Crippen LogP contribution in [0.4, 0.5) is 5.69 Å². The Morgan fingerprint density at radius 2 is 1.87 bits per heavy atom. The second-order valence-corrected chi connectivity index (χ2v) is 7.63. The first-order chi connectivity index (χ1) is 14.6. The van der Waals surface area contributed by atoms with Gasteiger partial charge in [0, 0.05) is 30.3 Å². The van der Waals surface area contributed by atoms with Crippen LogP contribution < -0.4 is 10.6 Å². The minimum absolute atomic E-state index is 0.170. The third kappa shape index (κ3) is 4.72. The molecular weight excluding hydrogens is 402 g/mol. The molecule has 154 valence electrons. The van der Waals surface area contributed by atoms with Crippen LogP contribution in [0.3, 0.4) is 0 Å². The number of rotatable bonds is 5. The molecule has 0 aliphatic carbocycles. The van der Waals surface area contributed by atoms with Crippen molar-refractivity contribution in [1.29, 1.82) is 0 Å². The van der Waals surface area contributed by atoms with Gasteiger partial charge in [-0.25, -0.2) is 0 Å². The molecule has 7 heteroatoms. The van der Waals surface area contributed by atoms with Crippen molar-refractivity contribution < 1.29 is 14.0 Å². The van der Waals surface area contributed by atoms with E-state index in [4.69, 9.17) is 16.0 Å². The molecule has 2 N–H and O–H groups in total. The highest BCUT2D eigenvalue weighted by Gasteiger charge is 2.27. The second kappa shape index (κ2) is 9.15. The van der Waals surface area contributed by atoms with Crippen LogP contribution >= 0.6 is 11.6 Å². The molecule has 0 unspecified atom stereocenters. The smallest absolute Gasteiger partial charge is 0.313 e. The zero-order valence-electron chi connectivity index (χ0n) is 16.3. The lowest BCUT2D eigenvalue weighted by molar-refractivity contribution is -0.136. The molecule has 1 aromatic heterocycles. The topological polar surface area (TPSA) is 74.6 Å². The number of anilines is 1. The molecule has 0 saturated heterocycles. The third-order valence-electron chi connectivity index (χ3n) is 5.22. The number of nitrogens with zero attached hydrogens (tertiary/aromatic N) is 1. The number of fused-ring (bicyclic) bond motifs is 1. The molecule has 0 fully saturated rings. The van der Waals surface area contributed by atoms with Crippen LogP contribution in [0.1, 0.15) is 22.9 Å². The minimum atomic E-state index is -0.737. The second-order valence-electron chi connectivity index (χ2n) is 7.19. The van der Waals surface area contributed by atoms with Gasteiger partial charge in [-0.2, -0.15) is 0 Å². The SMILES string of the molecule is O=C(NC[C@@H](c1ccco1)N1CCc2ccccc2C1)C(=O)Nc1cccc(Cl)c1. The van der Waals surface area contributed by atoms with Crippen molar-refractivity contribution in [2.75, 3.05) is 18.4 Å². The third-order valence-corrected chi connectivity index (χ3v) is 5.45. The van der Waals surface area contributed by atoms with Crippen LogP contribution in [0.25, 0.3) is 0 Å². The van der Waals surface area contributed by atoms with E-state index in [9.17, 15) is 9.59 Å². The number of furan rings is 1. The largest absolute Gasteiger partial charge is 0.468 e. The van der Waals surface area contributed by atoms with Gasteiger partial charge in [0.1, 0.15) is 5.76 Å². The number of carbonyl (C=O) groups is 2. The molecule has 6 nitrogen and oxygen atoms in total. The lowest BCUT2D eigenvalue weighted by Gasteiger charge is -2.34. The number of halogens is 1. The Hall–Kier alpha value is -3.09. The first kappa shape index (κ1) is 20.2. The standard InChI is InChI=1S/C23H22ClN3O3/c24-18-7-3-8-19(13-18)26-23(29)22(28)25-14-20(21-9-4-12-30-21)27-11-10-16-5-1-2-6-17(16)15-27/h1-9,12-13,20H,10-11,14-15H2,(H,25,28)(H,26,29)/t20-/m0/s1. The molecule has 1 aliphatic heterocycles. The Morgan fingerprint density at radius 1 is 1.03 bits per heavy atom. The fraction of sp³-hybridized carbons (Fsp3) is 0.217. The number of benzene rings is 2. The lowest BCUT2D eigenvalue weighted by atomic mass is 9.98. The number of nitrogens with one attached hydrogen (secondary N) is 2. The molecule has 30 heavy (non-hydrogen) atoms. The van der Waals surface area contributed by atoms with E-state index in [0.717, 1.165) is 25.3 Å². The van der Waals surface area contributed by atoms with Crippen LogP contribution in [-0.2, 0) is 22.6 Å². The Kier molecular flexibility index (Phi) is 6.16. The van der Waals surface area contributed by atoms with Crippen molar-refractivity contribution in [2.45, 2.75) is 19.0 Å². The molecule has 1 atom stereocenters. The fourth-order valence-corrected chi connectivity index (χ4v) is 3.89. The maximum absolute atomic E-state index is 12.4. The van der Waals surface area contributed by atoms with Crippen LogP contribution in [-0.4, -0.2) is 29.8 Å². The van der Waals surface area contributed by atoms with Crippen LogP contribution in [0.2, 0.25) is 5.02 Å². The van der Waals surface area contributed by atoms with Gasteiger partial charge >= 0.3 is 11.8 Å². The van der Waals surface area contributed by atoms with E-state index in [0.29, 0.717) is 10.7 Å². The average molecular weight is 424 g/mol. The zero-order chi connectivity index (χ0) is 20.9. The van der Waals surface area contributed by atoms with E-state index in [1.807, 2.05) is 18.2 Å². The molecule has 0 saturated carbocycles. The van der Waals surface area contributed by atoms with E-state index in [2.05, 4.69) is 33.7 Å². The van der Waals surface area contributed by atoms with Gasteiger partial charge in [0.2, 0.25) is 0 Å². The highest BCUT2D eigenvalue weighted by molar-refractivity contribution is 6.39. The Balaban J connectivity index is 1.42. The quantitative estimate of drug-likeness (QED) is 0.612. The molecule has 2 amide bonds. The summed E-state index contributed by atoms with van der Waals surface area (Å²) in [4.78, 5) is 26.9. The van der Waals surface area contributed by atoms with Gasteiger partial charge < -0.3 is 15.1 Å². The summed E-state index contributed by atoms with van der Waals surface area (Å²) in [5.74, 6) is -0.687. The van der Waals surface area contributed by atoms with Gasteiger partial charge in [0.15, 0.2) is 0 Å². The number of hydrogen-bond donors (Lipinski definition) is 2. The summed E-state index contributed by atoms with van der Waals surface area (Å²) in [5.41, 5.74) is 3.08. The predicted molar refractivity (Wildman–Crippen MR) is 115 cm³/mol. The summed E-state index contributed by atoms with van der Waals surface area (Å²) in [6.45, 7) is 1.86. The summed E-state index contributed by atoms with van der Waals surface area (Å²) in [6, 6.07) is 18.6. The monoisotopic (exact) mass is 423 g/mol. The van der Waals surface area contributed by atoms with Gasteiger partial charge in [-0.3, -0.25) is 14.5 Å². The van der Waals surface area contributed by atoms with E-state index in [-0.39, 0.29) is 12.6 Å². The normalized spacial score (nSPS) is 14.6. The highest BCUT2D eigenvalue weighted by Crippen LogP contribution is 2.28. The molecule has 4 rings (SSSR count). The number of amides is 2. The zero-order valence-corrected chi connectivity index (χ0v) is 17.1. The Labute approximate surface area is 179 Å². The van der Waals surface area contributed by atoms with Crippen molar-refractivity contribution in [3.8, 4) is 0 Å². The molecular formula is C23H22ClN3O3. The molecule has 1 aliphatic rings. The maximum Gasteiger partial charge on any atom is 0.313 e. The molecule has 3 aromatic rings. The number of carbonyl (C=O) groups excluding carboxylic acids is 2. The Morgan fingerprint density at radius 3 is 2.63 bits per heavy atom. The first-order valence-corrected chi connectivity index (χ1v) is 10.2. The van der Waals surface area contributed by atoms with E-state index >= 15 is 0 Å². The molecule has 0 bridgehead atoms. The lowest BCUT2D eigenvalue weighted by Crippen LogP contribution is -2.43. The van der Waals surface area contributed by atoms with Crippen LogP contribution in [0.15, 0.2) is 71.3 Å². The summed E-state index contributed by atoms with van der Waals surface area (Å²) in [6.07, 6.45) is 2.55. The van der Waals surface area contributed by atoms with E-state index in [1.54, 1.807) is 30.5 Å². The molecule has 0 radical (unpaired) electrons. The van der Waals surface area contributed by atoms with Crippen molar-refractivity contribution in [3.63, 3.8) is 0 Å². The van der Waals surface area contributed by atoms with Gasteiger partial charge in [0.25, 0.3) is 0 Å². The van der Waals surface area contributed by atoms with Crippen molar-refractivity contribution in [1.82, 2.24) is 10.2 Å². The summed E-state index contributed by atoms with van der Waals surface area (Å²) in [5, 5.41) is 5.79. The van der Waals surface area contributed by atoms with Crippen molar-refractivity contribution >= 4 is 29.1 Å². The highest BCUT2D eigenvalue weighted by atomic mass is 35.5. The van der Waals surface area contributed by atoms with Gasteiger partial charge in [-0.1, -0.05) is 41.9 Å². The molecule has 2 heterocycles. The predicted octanol–water partition coefficient (Wildman–Crippen LogP) is 3.79. The summed E-state index contributed by atoms with van der Waals surface area (Å²) in [7, 11) is 0. The van der Waals surface area contributed by atoms with Crippen LogP contribution in [0, 0.1) is 0 Å². The van der Waals surface area contributed by atoms with Gasteiger partial charge in [-0.05, 0) is 47.9 Å². The van der Waals surface area contributed by atoms with Crippen LogP contribution in [0.5, 0.6) is 0 Å². The van der Waals surface area contributed by atoms with E-state index in [1.165, 1.54) is 11.1 Å². The van der Waals surface area contributed by atoms with Gasteiger partial charge in [0.05, 0.1) is 12.3 Å². The van der Waals surface area contributed by atoms with Crippen molar-refractivity contribution in [3.05, 3.63) is 88.8 Å². The summed E-state index contributed by atoms with van der Waals surface area (Å²) >= 11 is 5.92. The molecule has 0 spiro atoms. The van der Waals surface area contributed by atoms with Crippen molar-refractivity contribution in [2.24, 2.45) is 0 Å². The minimum Gasteiger partial charge on any atom is -0.468 e. The number of hydrogen-bond acceptors (Lipinski definition) is 4. The van der Waals surface area contributed by atoms with E-state index < -0.39 is 11.8 Å². The average Bonchev–Trinajstić information content (AvgIpc) is 3.28. The fourth-order valence-electron chi connectivity index (χ4n) is 3.70. The first-order valence-electron chi connectivity index (χ1n) is 9.79.